The smallest absolute Gasteiger partial charge is 0.211 e. The van der Waals surface area contributed by atoms with Crippen LogP contribution in [-0.2, 0) is 9.47 Å². The first-order valence-electron chi connectivity index (χ1n) is 6.99. The topological polar surface area (TPSA) is 18.5 Å². The summed E-state index contributed by atoms with van der Waals surface area (Å²) in [6.45, 7) is 0. The Morgan fingerprint density at radius 1 is 0.882 bits per heavy atom. The van der Waals surface area contributed by atoms with Gasteiger partial charge in [0, 0.05) is 18.4 Å². The molecule has 0 radical (unpaired) electrons. The van der Waals surface area contributed by atoms with Crippen molar-refractivity contribution in [2.75, 3.05) is 0 Å². The fraction of sp³-hybridized carbons (Fsp3) is 0.857. The summed E-state index contributed by atoms with van der Waals surface area (Å²) >= 11 is 5.97. The molecule has 3 fully saturated rings. The summed E-state index contributed by atoms with van der Waals surface area (Å²) in [5, 5.41) is 0. The van der Waals surface area contributed by atoms with E-state index in [1.165, 1.54) is 38.5 Å². The van der Waals surface area contributed by atoms with E-state index in [9.17, 15) is 0 Å². The lowest BCUT2D eigenvalue weighted by Crippen LogP contribution is -2.39. The van der Waals surface area contributed by atoms with E-state index >= 15 is 0 Å². The van der Waals surface area contributed by atoms with Crippen molar-refractivity contribution < 1.29 is 9.47 Å². The second kappa shape index (κ2) is 4.47. The van der Waals surface area contributed by atoms with Gasteiger partial charge in [-0.1, -0.05) is 37.3 Å². The van der Waals surface area contributed by atoms with Gasteiger partial charge in [-0.3, -0.25) is 0 Å². The lowest BCUT2D eigenvalue weighted by molar-refractivity contribution is -0.207. The van der Waals surface area contributed by atoms with Crippen LogP contribution in [0.3, 0.4) is 0 Å². The van der Waals surface area contributed by atoms with Crippen molar-refractivity contribution in [1.29, 1.82) is 0 Å². The Bertz CT molecular complexity index is 312. The van der Waals surface area contributed by atoms with Gasteiger partial charge in [-0.25, -0.2) is 0 Å². The summed E-state index contributed by atoms with van der Waals surface area (Å²) in [5.74, 6) is 0.566. The van der Waals surface area contributed by atoms with Crippen molar-refractivity contribution in [2.45, 2.75) is 75.6 Å². The Morgan fingerprint density at radius 2 is 1.47 bits per heavy atom. The molecule has 17 heavy (non-hydrogen) atoms. The number of ether oxygens (including phenoxy) is 2. The molecular weight excluding hydrogens is 236 g/mol. The van der Waals surface area contributed by atoms with Gasteiger partial charge in [0.25, 0.3) is 0 Å². The third-order valence-electron chi connectivity index (χ3n) is 4.50. The molecule has 2 saturated carbocycles. The van der Waals surface area contributed by atoms with E-state index in [1.807, 2.05) is 0 Å². The Morgan fingerprint density at radius 3 is 2.06 bits per heavy atom. The number of halogens is 1. The molecule has 3 rings (SSSR count). The van der Waals surface area contributed by atoms with Crippen LogP contribution in [0.25, 0.3) is 0 Å². The summed E-state index contributed by atoms with van der Waals surface area (Å²) in [6.07, 6.45) is 11.7. The zero-order valence-electron chi connectivity index (χ0n) is 10.3. The van der Waals surface area contributed by atoms with Crippen LogP contribution >= 0.6 is 11.6 Å². The zero-order valence-corrected chi connectivity index (χ0v) is 11.1. The lowest BCUT2D eigenvalue weighted by atomic mass is 9.83. The highest BCUT2D eigenvalue weighted by atomic mass is 35.5. The Hall–Kier alpha value is -0.210. The summed E-state index contributed by atoms with van der Waals surface area (Å²) < 4.78 is 12.6. The van der Waals surface area contributed by atoms with Crippen LogP contribution in [0.15, 0.2) is 11.3 Å². The van der Waals surface area contributed by atoms with Gasteiger partial charge in [0.2, 0.25) is 5.79 Å². The van der Waals surface area contributed by atoms with Crippen LogP contribution in [0, 0.1) is 0 Å². The first-order valence-corrected chi connectivity index (χ1v) is 7.42. The minimum Gasteiger partial charge on any atom is -0.463 e. The number of hydrogen-bond acceptors (Lipinski definition) is 2. The molecule has 0 aromatic carbocycles. The van der Waals surface area contributed by atoms with E-state index in [0.717, 1.165) is 31.4 Å². The van der Waals surface area contributed by atoms with E-state index in [2.05, 4.69) is 0 Å². The maximum atomic E-state index is 6.45. The molecule has 3 heteroatoms. The first kappa shape index (κ1) is 11.9. The maximum absolute atomic E-state index is 6.45. The fourth-order valence-corrected chi connectivity index (χ4v) is 3.85. The molecule has 2 aliphatic carbocycles. The Kier molecular flexibility index (Phi) is 3.12. The second-order valence-corrected chi connectivity index (χ2v) is 5.92. The van der Waals surface area contributed by atoms with Crippen LogP contribution in [0.1, 0.15) is 64.2 Å². The molecule has 0 unspecified atom stereocenters. The first-order chi connectivity index (χ1) is 8.29. The van der Waals surface area contributed by atoms with Crippen molar-refractivity contribution in [2.24, 2.45) is 0 Å². The standard InChI is InChI=1S/C14H21ClO2/c15-11-12-13(7-3-1-4-8-13)17-14(16-12)9-5-2-6-10-14/h11H,1-10H2/b12-11-. The molecule has 2 spiro atoms. The average Bonchev–Trinajstić information content (AvgIpc) is 2.65. The average molecular weight is 257 g/mol. The van der Waals surface area contributed by atoms with Crippen molar-refractivity contribution in [3.8, 4) is 0 Å². The van der Waals surface area contributed by atoms with Gasteiger partial charge < -0.3 is 9.47 Å². The van der Waals surface area contributed by atoms with Crippen LogP contribution in [0.2, 0.25) is 0 Å². The van der Waals surface area contributed by atoms with Gasteiger partial charge >= 0.3 is 0 Å². The van der Waals surface area contributed by atoms with Crippen LogP contribution in [0.4, 0.5) is 0 Å². The van der Waals surface area contributed by atoms with Crippen LogP contribution < -0.4 is 0 Å². The quantitative estimate of drug-likeness (QED) is 0.636. The Labute approximate surface area is 108 Å². The highest BCUT2D eigenvalue weighted by Gasteiger charge is 2.54. The van der Waals surface area contributed by atoms with Gasteiger partial charge in [-0.05, 0) is 25.7 Å². The number of hydrogen-bond donors (Lipinski definition) is 0. The van der Waals surface area contributed by atoms with Gasteiger partial charge in [-0.2, -0.15) is 0 Å². The van der Waals surface area contributed by atoms with Crippen LogP contribution in [-0.4, -0.2) is 11.4 Å². The summed E-state index contributed by atoms with van der Waals surface area (Å²) in [6, 6.07) is 0. The zero-order chi connectivity index (χ0) is 11.8. The fourth-order valence-electron chi connectivity index (χ4n) is 3.61. The SMILES string of the molecule is Cl/C=C1\OC2(CCCCC2)OC12CCCCC2. The van der Waals surface area contributed by atoms with E-state index in [4.69, 9.17) is 21.1 Å². The molecule has 3 aliphatic rings. The lowest BCUT2D eigenvalue weighted by Gasteiger charge is -2.35. The van der Waals surface area contributed by atoms with Gasteiger partial charge in [0.05, 0.1) is 0 Å². The summed E-state index contributed by atoms with van der Waals surface area (Å²) in [7, 11) is 0. The molecule has 96 valence electrons. The molecule has 0 atom stereocenters. The van der Waals surface area contributed by atoms with Crippen molar-refractivity contribution in [3.05, 3.63) is 11.3 Å². The van der Waals surface area contributed by atoms with E-state index in [-0.39, 0.29) is 11.4 Å². The van der Waals surface area contributed by atoms with Gasteiger partial charge in [0.1, 0.15) is 11.4 Å². The number of rotatable bonds is 0. The highest BCUT2D eigenvalue weighted by Crippen LogP contribution is 2.52. The molecule has 2 nitrogen and oxygen atoms in total. The Balaban J connectivity index is 1.84. The van der Waals surface area contributed by atoms with E-state index in [0.29, 0.717) is 0 Å². The van der Waals surface area contributed by atoms with E-state index < -0.39 is 0 Å². The molecule has 0 aromatic rings. The molecule has 1 aliphatic heterocycles. The summed E-state index contributed by atoms with van der Waals surface area (Å²) in [5.41, 5.74) is 1.44. The maximum Gasteiger partial charge on any atom is 0.211 e. The molecular formula is C14H21ClO2. The molecule has 1 heterocycles. The molecule has 1 saturated heterocycles. The second-order valence-electron chi connectivity index (χ2n) is 5.70. The van der Waals surface area contributed by atoms with Gasteiger partial charge in [-0.15, -0.1) is 0 Å². The minimum atomic E-state index is -0.337. The van der Waals surface area contributed by atoms with Crippen molar-refractivity contribution in [1.82, 2.24) is 0 Å². The molecule has 0 amide bonds. The molecule has 0 bridgehead atoms. The molecule has 0 aromatic heterocycles. The minimum absolute atomic E-state index is 0.183. The molecule has 0 N–H and O–H groups in total. The largest absolute Gasteiger partial charge is 0.463 e. The van der Waals surface area contributed by atoms with Crippen molar-refractivity contribution in [3.63, 3.8) is 0 Å². The monoisotopic (exact) mass is 256 g/mol. The predicted molar refractivity (Wildman–Crippen MR) is 67.7 cm³/mol. The predicted octanol–water partition coefficient (Wildman–Crippen LogP) is 4.48. The summed E-state index contributed by atoms with van der Waals surface area (Å²) in [4.78, 5) is 0. The third kappa shape index (κ3) is 2.00. The van der Waals surface area contributed by atoms with Gasteiger partial charge in [0.15, 0.2) is 0 Å². The third-order valence-corrected chi connectivity index (χ3v) is 4.70. The van der Waals surface area contributed by atoms with Crippen LogP contribution in [0.5, 0.6) is 0 Å². The van der Waals surface area contributed by atoms with E-state index in [1.54, 1.807) is 5.54 Å². The van der Waals surface area contributed by atoms with Crippen molar-refractivity contribution >= 4 is 11.6 Å². The highest BCUT2D eigenvalue weighted by molar-refractivity contribution is 6.25. The normalized spacial score (nSPS) is 33.1.